The Kier molecular flexibility index (Phi) is 5.36. The zero-order valence-electron chi connectivity index (χ0n) is 20.9. The summed E-state index contributed by atoms with van der Waals surface area (Å²) in [5, 5.41) is 1.06. The molecule has 0 saturated heterocycles. The van der Waals surface area contributed by atoms with Gasteiger partial charge in [0.1, 0.15) is 6.54 Å². The average Bonchev–Trinajstić information content (AvgIpc) is 3.48. The topological polar surface area (TPSA) is 56.4 Å². The highest BCUT2D eigenvalue weighted by atomic mass is 16.2. The van der Waals surface area contributed by atoms with E-state index in [-0.39, 0.29) is 24.4 Å². The number of amides is 2. The molecule has 186 valence electrons. The van der Waals surface area contributed by atoms with Crippen molar-refractivity contribution in [3.63, 3.8) is 0 Å². The number of fused-ring (bicyclic) bond motifs is 3. The van der Waals surface area contributed by atoms with Gasteiger partial charge in [-0.1, -0.05) is 91.0 Å². The Morgan fingerprint density at radius 1 is 0.816 bits per heavy atom. The maximum atomic E-state index is 13.8. The summed E-state index contributed by atoms with van der Waals surface area (Å²) in [6.07, 6.45) is 0.833. The van der Waals surface area contributed by atoms with Crippen LogP contribution in [0.4, 0.5) is 0 Å². The van der Waals surface area contributed by atoms with Gasteiger partial charge in [-0.2, -0.15) is 0 Å². The molecule has 0 unspecified atom stereocenters. The average molecular weight is 498 g/mol. The monoisotopic (exact) mass is 497 g/mol. The molecule has 4 aromatic carbocycles. The third-order valence-corrected chi connectivity index (χ3v) is 7.93. The Hall–Kier alpha value is -4.64. The first-order valence-corrected chi connectivity index (χ1v) is 13.1. The Morgan fingerprint density at radius 2 is 1.53 bits per heavy atom. The fourth-order valence-electron chi connectivity index (χ4n) is 6.08. The highest BCUT2D eigenvalue weighted by Crippen LogP contribution is 2.45. The van der Waals surface area contributed by atoms with Crippen LogP contribution in [0.25, 0.3) is 22.2 Å². The van der Waals surface area contributed by atoms with Crippen LogP contribution in [0.3, 0.4) is 0 Å². The SMILES string of the molecule is O=C(CN1C(=O)c2ccccc2[C@H]1c1c(-c2ccccc2)[nH]c2ccccc12)N1CCc2ccccc2C1. The molecule has 0 saturated carbocycles. The number of H-pyrrole nitrogens is 1. The lowest BCUT2D eigenvalue weighted by Crippen LogP contribution is -2.44. The van der Waals surface area contributed by atoms with Crippen molar-refractivity contribution in [3.05, 3.63) is 131 Å². The second kappa shape index (κ2) is 9.03. The summed E-state index contributed by atoms with van der Waals surface area (Å²) in [5.74, 6) is -0.118. The lowest BCUT2D eigenvalue weighted by Gasteiger charge is -2.32. The molecule has 2 amide bonds. The van der Waals surface area contributed by atoms with Crippen molar-refractivity contribution in [1.29, 1.82) is 0 Å². The van der Waals surface area contributed by atoms with Crippen molar-refractivity contribution in [3.8, 4) is 11.3 Å². The third-order valence-electron chi connectivity index (χ3n) is 7.93. The normalized spacial score (nSPS) is 16.5. The van der Waals surface area contributed by atoms with Crippen LogP contribution in [0.2, 0.25) is 0 Å². The molecule has 1 aromatic heterocycles. The predicted octanol–water partition coefficient (Wildman–Crippen LogP) is 5.97. The Morgan fingerprint density at radius 3 is 2.39 bits per heavy atom. The molecule has 1 atom stereocenters. The summed E-state index contributed by atoms with van der Waals surface area (Å²) in [7, 11) is 0. The van der Waals surface area contributed by atoms with Crippen LogP contribution in [0, 0.1) is 0 Å². The number of nitrogens with zero attached hydrogens (tertiary/aromatic N) is 2. The minimum Gasteiger partial charge on any atom is -0.354 e. The van der Waals surface area contributed by atoms with Gasteiger partial charge in [0.15, 0.2) is 0 Å². The van der Waals surface area contributed by atoms with E-state index in [1.54, 1.807) is 4.90 Å². The summed E-state index contributed by atoms with van der Waals surface area (Å²) in [6, 6.07) is 34.1. The minimum absolute atomic E-state index is 0.0215. The van der Waals surface area contributed by atoms with Gasteiger partial charge in [-0.05, 0) is 40.8 Å². The lowest BCUT2D eigenvalue weighted by atomic mass is 9.93. The highest BCUT2D eigenvalue weighted by Gasteiger charge is 2.41. The summed E-state index contributed by atoms with van der Waals surface area (Å²) >= 11 is 0. The number of hydrogen-bond donors (Lipinski definition) is 1. The van der Waals surface area contributed by atoms with Gasteiger partial charge in [0.2, 0.25) is 5.91 Å². The number of carbonyl (C=O) groups is 2. The van der Waals surface area contributed by atoms with E-state index in [1.165, 1.54) is 11.1 Å². The Bertz CT molecular complexity index is 1690. The smallest absolute Gasteiger partial charge is 0.255 e. The molecule has 38 heavy (non-hydrogen) atoms. The van der Waals surface area contributed by atoms with E-state index in [9.17, 15) is 9.59 Å². The van der Waals surface area contributed by atoms with Crippen molar-refractivity contribution in [2.45, 2.75) is 19.0 Å². The second-order valence-electron chi connectivity index (χ2n) is 10.1. The van der Waals surface area contributed by atoms with Crippen LogP contribution in [0.15, 0.2) is 103 Å². The van der Waals surface area contributed by atoms with Crippen molar-refractivity contribution in [2.75, 3.05) is 13.1 Å². The van der Waals surface area contributed by atoms with Crippen molar-refractivity contribution >= 4 is 22.7 Å². The molecule has 0 aliphatic carbocycles. The van der Waals surface area contributed by atoms with E-state index in [0.717, 1.165) is 39.7 Å². The molecule has 5 aromatic rings. The first-order chi connectivity index (χ1) is 18.7. The molecule has 1 N–H and O–H groups in total. The van der Waals surface area contributed by atoms with Crippen LogP contribution in [0.5, 0.6) is 0 Å². The first kappa shape index (κ1) is 22.5. The van der Waals surface area contributed by atoms with E-state index in [2.05, 4.69) is 41.4 Å². The van der Waals surface area contributed by atoms with E-state index in [4.69, 9.17) is 0 Å². The van der Waals surface area contributed by atoms with Gasteiger partial charge in [-0.15, -0.1) is 0 Å². The van der Waals surface area contributed by atoms with Crippen LogP contribution < -0.4 is 0 Å². The predicted molar refractivity (Wildman–Crippen MR) is 149 cm³/mol. The molecule has 2 aliphatic heterocycles. The molecule has 0 spiro atoms. The summed E-state index contributed by atoms with van der Waals surface area (Å²) in [4.78, 5) is 34.8. The molecule has 0 radical (unpaired) electrons. The van der Waals surface area contributed by atoms with Crippen LogP contribution in [-0.4, -0.2) is 39.7 Å². The standard InChI is InChI=1S/C33H27N3O2/c37-29(35-19-18-22-10-4-5-13-24(22)20-35)21-36-32(25-14-6-7-15-26(25)33(36)38)30-27-16-8-9-17-28(27)34-31(30)23-11-2-1-3-12-23/h1-17,32,34H,18-21H2/t32-/m0/s1. The quantitative estimate of drug-likeness (QED) is 0.333. The van der Waals surface area contributed by atoms with Crippen LogP contribution >= 0.6 is 0 Å². The number of carbonyl (C=O) groups excluding carboxylic acids is 2. The summed E-state index contributed by atoms with van der Waals surface area (Å²) in [5.41, 5.74) is 8.15. The number of rotatable bonds is 4. The van der Waals surface area contributed by atoms with E-state index >= 15 is 0 Å². The van der Waals surface area contributed by atoms with E-state index in [1.807, 2.05) is 71.6 Å². The number of aromatic amines is 1. The third kappa shape index (κ3) is 3.62. The molecular weight excluding hydrogens is 470 g/mol. The Balaban J connectivity index is 1.32. The number of hydrogen-bond acceptors (Lipinski definition) is 2. The zero-order chi connectivity index (χ0) is 25.6. The molecule has 0 bridgehead atoms. The summed E-state index contributed by atoms with van der Waals surface area (Å²) < 4.78 is 0. The highest BCUT2D eigenvalue weighted by molar-refractivity contribution is 6.03. The van der Waals surface area contributed by atoms with Gasteiger partial charge < -0.3 is 14.8 Å². The molecule has 5 nitrogen and oxygen atoms in total. The number of para-hydroxylation sites is 1. The molecular formula is C33H27N3O2. The van der Waals surface area contributed by atoms with E-state index in [0.29, 0.717) is 18.7 Å². The van der Waals surface area contributed by atoms with Crippen LogP contribution in [0.1, 0.15) is 38.7 Å². The number of aromatic nitrogens is 1. The summed E-state index contributed by atoms with van der Waals surface area (Å²) in [6.45, 7) is 1.28. The fraction of sp³-hybridized carbons (Fsp3) is 0.152. The number of benzene rings is 4. The Labute approximate surface area is 221 Å². The van der Waals surface area contributed by atoms with Gasteiger partial charge in [0, 0.05) is 35.1 Å². The van der Waals surface area contributed by atoms with Crippen molar-refractivity contribution < 1.29 is 9.59 Å². The maximum Gasteiger partial charge on any atom is 0.255 e. The van der Waals surface area contributed by atoms with Crippen molar-refractivity contribution in [2.24, 2.45) is 0 Å². The van der Waals surface area contributed by atoms with Gasteiger partial charge >= 0.3 is 0 Å². The van der Waals surface area contributed by atoms with Gasteiger partial charge in [0.25, 0.3) is 5.91 Å². The maximum absolute atomic E-state index is 13.8. The minimum atomic E-state index is -0.369. The molecule has 3 heterocycles. The van der Waals surface area contributed by atoms with E-state index < -0.39 is 0 Å². The first-order valence-electron chi connectivity index (χ1n) is 13.1. The second-order valence-corrected chi connectivity index (χ2v) is 10.1. The van der Waals surface area contributed by atoms with Crippen molar-refractivity contribution in [1.82, 2.24) is 14.8 Å². The van der Waals surface area contributed by atoms with Crippen LogP contribution in [-0.2, 0) is 17.8 Å². The number of nitrogens with one attached hydrogen (secondary N) is 1. The van der Waals surface area contributed by atoms with Gasteiger partial charge in [-0.3, -0.25) is 9.59 Å². The zero-order valence-corrected chi connectivity index (χ0v) is 20.9. The largest absolute Gasteiger partial charge is 0.354 e. The lowest BCUT2D eigenvalue weighted by molar-refractivity contribution is -0.133. The van der Waals surface area contributed by atoms with Gasteiger partial charge in [0.05, 0.1) is 11.7 Å². The fourth-order valence-corrected chi connectivity index (χ4v) is 6.08. The molecule has 7 rings (SSSR count). The van der Waals surface area contributed by atoms with Gasteiger partial charge in [-0.25, -0.2) is 0 Å². The molecule has 0 fully saturated rings. The molecule has 2 aliphatic rings. The molecule has 5 heteroatoms.